The Morgan fingerprint density at radius 1 is 1.27 bits per heavy atom. The molecule has 0 bridgehead atoms. The van der Waals surface area contributed by atoms with Crippen molar-refractivity contribution in [1.82, 2.24) is 4.90 Å². The van der Waals surface area contributed by atoms with E-state index in [4.69, 9.17) is 4.74 Å². The maximum absolute atomic E-state index is 10.4. The third-order valence-electron chi connectivity index (χ3n) is 4.66. The normalized spacial score (nSPS) is 20.8. The Hall–Kier alpha value is -1.06. The largest absolute Gasteiger partial charge is 0.494 e. The number of aliphatic hydroxyl groups excluding tert-OH is 1. The minimum absolute atomic E-state index is 0.376. The average Bonchev–Trinajstić information content (AvgIpc) is 2.55. The van der Waals surface area contributed by atoms with Crippen molar-refractivity contribution in [2.45, 2.75) is 64.5 Å². The van der Waals surface area contributed by atoms with Gasteiger partial charge < -0.3 is 14.7 Å². The van der Waals surface area contributed by atoms with Crippen molar-refractivity contribution >= 4 is 0 Å². The zero-order valence-electron chi connectivity index (χ0n) is 14.1. The summed E-state index contributed by atoms with van der Waals surface area (Å²) in [5.74, 6) is 0.897. The van der Waals surface area contributed by atoms with E-state index in [9.17, 15) is 5.11 Å². The molecule has 3 nitrogen and oxygen atoms in total. The lowest BCUT2D eigenvalue weighted by Crippen LogP contribution is -2.38. The van der Waals surface area contributed by atoms with Crippen molar-refractivity contribution in [2.75, 3.05) is 19.7 Å². The number of nitrogens with zero attached hydrogens (tertiary/aromatic N) is 1. The molecule has 2 unspecified atom stereocenters. The van der Waals surface area contributed by atoms with Crippen LogP contribution in [0.5, 0.6) is 5.75 Å². The molecule has 2 atom stereocenters. The molecule has 0 aromatic heterocycles. The molecule has 0 amide bonds. The zero-order chi connectivity index (χ0) is 15.8. The Balaban J connectivity index is 1.78. The standard InChI is InChI=1S/C19H31NO2/c1-3-4-15-22-18-10-8-17(9-11-18)19(21)12-14-20-13-6-5-7-16(20)2/h8-11,16,19,21H,3-7,12-15H2,1-2H3. The second-order valence-corrected chi connectivity index (χ2v) is 6.46. The van der Waals surface area contributed by atoms with Gasteiger partial charge in [0.15, 0.2) is 0 Å². The van der Waals surface area contributed by atoms with Gasteiger partial charge in [0.2, 0.25) is 0 Å². The van der Waals surface area contributed by atoms with Gasteiger partial charge in [-0.2, -0.15) is 0 Å². The first-order valence-electron chi connectivity index (χ1n) is 8.85. The fourth-order valence-electron chi connectivity index (χ4n) is 3.07. The van der Waals surface area contributed by atoms with Gasteiger partial charge in [-0.15, -0.1) is 0 Å². The number of hydrogen-bond acceptors (Lipinski definition) is 3. The number of piperidine rings is 1. The molecule has 2 rings (SSSR count). The van der Waals surface area contributed by atoms with Crippen molar-refractivity contribution in [2.24, 2.45) is 0 Å². The topological polar surface area (TPSA) is 32.7 Å². The molecular weight excluding hydrogens is 274 g/mol. The van der Waals surface area contributed by atoms with Crippen molar-refractivity contribution in [1.29, 1.82) is 0 Å². The van der Waals surface area contributed by atoms with E-state index in [-0.39, 0.29) is 6.10 Å². The number of benzene rings is 1. The summed E-state index contributed by atoms with van der Waals surface area (Å²) >= 11 is 0. The molecule has 124 valence electrons. The Kier molecular flexibility index (Phi) is 7.20. The Bertz CT molecular complexity index is 418. The first-order chi connectivity index (χ1) is 10.7. The van der Waals surface area contributed by atoms with E-state index in [1.165, 1.54) is 25.8 Å². The quantitative estimate of drug-likeness (QED) is 0.732. The summed E-state index contributed by atoms with van der Waals surface area (Å²) in [6.45, 7) is 7.39. The number of hydrogen-bond donors (Lipinski definition) is 1. The van der Waals surface area contributed by atoms with Crippen LogP contribution < -0.4 is 4.74 Å². The number of rotatable bonds is 8. The van der Waals surface area contributed by atoms with Crippen LogP contribution in [0, 0.1) is 0 Å². The van der Waals surface area contributed by atoms with E-state index >= 15 is 0 Å². The van der Waals surface area contributed by atoms with Crippen molar-refractivity contribution in [3.8, 4) is 5.75 Å². The van der Waals surface area contributed by atoms with Crippen LogP contribution in [0.4, 0.5) is 0 Å². The molecule has 22 heavy (non-hydrogen) atoms. The summed E-state index contributed by atoms with van der Waals surface area (Å²) in [5.41, 5.74) is 0.993. The highest BCUT2D eigenvalue weighted by Gasteiger charge is 2.19. The molecular formula is C19H31NO2. The molecule has 1 aliphatic heterocycles. The van der Waals surface area contributed by atoms with Gasteiger partial charge in [0, 0.05) is 12.6 Å². The molecule has 3 heteroatoms. The number of unbranched alkanes of at least 4 members (excludes halogenated alkanes) is 1. The van der Waals surface area contributed by atoms with Gasteiger partial charge in [-0.1, -0.05) is 31.9 Å². The highest BCUT2D eigenvalue weighted by Crippen LogP contribution is 2.23. The molecule has 1 heterocycles. The first kappa shape index (κ1) is 17.3. The molecule has 1 aromatic rings. The van der Waals surface area contributed by atoms with Gasteiger partial charge in [-0.05, 0) is 56.8 Å². The molecule has 0 spiro atoms. The van der Waals surface area contributed by atoms with Crippen molar-refractivity contribution in [3.63, 3.8) is 0 Å². The van der Waals surface area contributed by atoms with E-state index in [0.717, 1.165) is 43.7 Å². The second kappa shape index (κ2) is 9.16. The van der Waals surface area contributed by atoms with E-state index in [0.29, 0.717) is 6.04 Å². The monoisotopic (exact) mass is 305 g/mol. The second-order valence-electron chi connectivity index (χ2n) is 6.46. The fraction of sp³-hybridized carbons (Fsp3) is 0.684. The summed E-state index contributed by atoms with van der Waals surface area (Å²) in [6, 6.07) is 8.59. The van der Waals surface area contributed by atoms with Crippen LogP contribution in [0.1, 0.15) is 64.0 Å². The van der Waals surface area contributed by atoms with Gasteiger partial charge in [0.1, 0.15) is 5.75 Å². The molecule has 0 radical (unpaired) electrons. The van der Waals surface area contributed by atoms with Crippen LogP contribution in [0.3, 0.4) is 0 Å². The Morgan fingerprint density at radius 2 is 2.05 bits per heavy atom. The van der Waals surface area contributed by atoms with E-state index in [2.05, 4.69) is 18.7 Å². The maximum Gasteiger partial charge on any atom is 0.119 e. The Labute approximate surface area is 135 Å². The van der Waals surface area contributed by atoms with E-state index in [1.807, 2.05) is 24.3 Å². The number of ether oxygens (including phenoxy) is 1. The summed E-state index contributed by atoms with van der Waals surface area (Å²) in [6.07, 6.45) is 6.59. The van der Waals surface area contributed by atoms with E-state index < -0.39 is 0 Å². The molecule has 1 fully saturated rings. The van der Waals surface area contributed by atoms with E-state index in [1.54, 1.807) is 0 Å². The molecule has 0 aliphatic carbocycles. The first-order valence-corrected chi connectivity index (χ1v) is 8.85. The molecule has 1 aliphatic rings. The smallest absolute Gasteiger partial charge is 0.119 e. The lowest BCUT2D eigenvalue weighted by Gasteiger charge is -2.33. The van der Waals surface area contributed by atoms with Crippen LogP contribution in [-0.4, -0.2) is 35.7 Å². The number of aliphatic hydroxyl groups is 1. The molecule has 1 saturated heterocycles. The third-order valence-corrected chi connectivity index (χ3v) is 4.66. The molecule has 1 aromatic carbocycles. The Morgan fingerprint density at radius 3 is 2.73 bits per heavy atom. The minimum atomic E-state index is -0.376. The lowest BCUT2D eigenvalue weighted by molar-refractivity contribution is 0.109. The SMILES string of the molecule is CCCCOc1ccc(C(O)CCN2CCCCC2C)cc1. The van der Waals surface area contributed by atoms with Gasteiger partial charge in [-0.25, -0.2) is 0 Å². The highest BCUT2D eigenvalue weighted by atomic mass is 16.5. The maximum atomic E-state index is 10.4. The predicted octanol–water partition coefficient (Wildman–Crippen LogP) is 4.16. The van der Waals surface area contributed by atoms with Crippen LogP contribution >= 0.6 is 0 Å². The van der Waals surface area contributed by atoms with Crippen LogP contribution in [0.2, 0.25) is 0 Å². The summed E-state index contributed by atoms with van der Waals surface area (Å²) in [7, 11) is 0. The van der Waals surface area contributed by atoms with Gasteiger partial charge in [0.25, 0.3) is 0 Å². The van der Waals surface area contributed by atoms with Crippen LogP contribution in [0.15, 0.2) is 24.3 Å². The number of likely N-dealkylation sites (tertiary alicyclic amines) is 1. The van der Waals surface area contributed by atoms with Gasteiger partial charge >= 0.3 is 0 Å². The zero-order valence-corrected chi connectivity index (χ0v) is 14.1. The molecule has 0 saturated carbocycles. The van der Waals surface area contributed by atoms with Gasteiger partial charge in [0.05, 0.1) is 12.7 Å². The average molecular weight is 305 g/mol. The highest BCUT2D eigenvalue weighted by molar-refractivity contribution is 5.28. The predicted molar refractivity (Wildman–Crippen MR) is 91.3 cm³/mol. The van der Waals surface area contributed by atoms with Crippen molar-refractivity contribution < 1.29 is 9.84 Å². The summed E-state index contributed by atoms with van der Waals surface area (Å²) in [4.78, 5) is 2.51. The van der Waals surface area contributed by atoms with Crippen molar-refractivity contribution in [3.05, 3.63) is 29.8 Å². The minimum Gasteiger partial charge on any atom is -0.494 e. The van der Waals surface area contributed by atoms with Crippen LogP contribution in [-0.2, 0) is 0 Å². The summed E-state index contributed by atoms with van der Waals surface area (Å²) < 4.78 is 5.66. The fourth-order valence-corrected chi connectivity index (χ4v) is 3.07. The van der Waals surface area contributed by atoms with Gasteiger partial charge in [-0.3, -0.25) is 0 Å². The van der Waals surface area contributed by atoms with Crippen LogP contribution in [0.25, 0.3) is 0 Å². The molecule has 1 N–H and O–H groups in total. The third kappa shape index (κ3) is 5.29. The summed E-state index contributed by atoms with van der Waals surface area (Å²) in [5, 5.41) is 10.4. The lowest BCUT2D eigenvalue weighted by atomic mass is 10.0.